The number of carbonyl (C=O) groups is 5. The summed E-state index contributed by atoms with van der Waals surface area (Å²) in [7, 11) is 0. The Morgan fingerprint density at radius 3 is 1.02 bits per heavy atom. The summed E-state index contributed by atoms with van der Waals surface area (Å²) >= 11 is 0. The van der Waals surface area contributed by atoms with E-state index in [0.29, 0.717) is 12.8 Å². The monoisotopic (exact) mass is 708 g/mol. The van der Waals surface area contributed by atoms with Crippen LogP contribution in [0.4, 0.5) is 0 Å². The molecule has 0 heterocycles. The molecule has 0 aliphatic carbocycles. The first kappa shape index (κ1) is 47.8. The first-order valence-corrected chi connectivity index (χ1v) is 20.8. The second kappa shape index (κ2) is 31.5. The van der Waals surface area contributed by atoms with Crippen LogP contribution in [0, 0.1) is 11.8 Å². The van der Waals surface area contributed by atoms with E-state index in [1.165, 1.54) is 19.8 Å². The van der Waals surface area contributed by atoms with Crippen molar-refractivity contribution in [3.63, 3.8) is 0 Å². The molecular formula is C42H77NO7. The van der Waals surface area contributed by atoms with Gasteiger partial charge >= 0.3 is 11.9 Å². The number of unbranched alkanes of at least 4 members (excludes halogenated alkanes) is 18. The number of imide groups is 3. The molecule has 8 nitrogen and oxygen atoms in total. The lowest BCUT2D eigenvalue weighted by molar-refractivity contribution is -0.164. The summed E-state index contributed by atoms with van der Waals surface area (Å²) in [5.74, 6) is -4.27. The summed E-state index contributed by atoms with van der Waals surface area (Å²) in [5, 5.41) is 0. The van der Waals surface area contributed by atoms with E-state index in [0.717, 1.165) is 133 Å². The van der Waals surface area contributed by atoms with Gasteiger partial charge in [0.15, 0.2) is 0 Å². The average Bonchev–Trinajstić information content (AvgIpc) is 3.07. The van der Waals surface area contributed by atoms with Gasteiger partial charge in [0.1, 0.15) is 12.2 Å². The Hall–Kier alpha value is -2.25. The zero-order chi connectivity index (χ0) is 37.6. The van der Waals surface area contributed by atoms with Crippen molar-refractivity contribution in [1.82, 2.24) is 4.90 Å². The lowest BCUT2D eigenvalue weighted by Gasteiger charge is -2.31. The van der Waals surface area contributed by atoms with E-state index < -0.39 is 41.8 Å². The predicted molar refractivity (Wildman–Crippen MR) is 203 cm³/mol. The van der Waals surface area contributed by atoms with Crippen LogP contribution in [-0.4, -0.2) is 46.8 Å². The molecule has 50 heavy (non-hydrogen) atoms. The molecular weight excluding hydrogens is 630 g/mol. The van der Waals surface area contributed by atoms with Gasteiger partial charge in [-0.3, -0.25) is 24.0 Å². The molecule has 0 aromatic heterocycles. The maximum Gasteiger partial charge on any atom is 0.306 e. The summed E-state index contributed by atoms with van der Waals surface area (Å²) < 4.78 is 11.6. The summed E-state index contributed by atoms with van der Waals surface area (Å²) in [6.07, 6.45) is 22.1. The maximum atomic E-state index is 14.2. The maximum absolute atomic E-state index is 14.2. The van der Waals surface area contributed by atoms with E-state index in [-0.39, 0.29) is 24.8 Å². The fraction of sp³-hybridized carbons (Fsp3) is 0.881. The highest BCUT2D eigenvalue weighted by atomic mass is 16.5. The zero-order valence-electron chi connectivity index (χ0n) is 33.5. The minimum absolute atomic E-state index is 0.283. The van der Waals surface area contributed by atoms with Gasteiger partial charge in [0.05, 0.1) is 11.8 Å². The predicted octanol–water partition coefficient (Wildman–Crippen LogP) is 11.2. The van der Waals surface area contributed by atoms with Gasteiger partial charge in [0.2, 0.25) is 17.7 Å². The van der Waals surface area contributed by atoms with Crippen LogP contribution in [0.15, 0.2) is 0 Å². The zero-order valence-corrected chi connectivity index (χ0v) is 33.5. The molecule has 8 heteroatoms. The average molecular weight is 708 g/mol. The second-order valence-corrected chi connectivity index (χ2v) is 14.6. The standard InChI is InChI=1S/C42H77NO7/c1-8-12-16-20-24-28-32-39(45)49-34(5)37(30-26-22-18-14-10-3)41(47)43(36(7)44)42(48)38(31-27-23-19-15-11-4)35(6)50-40(46)33-29-25-21-17-13-9-2/h34-35,37-38H,8-33H2,1-7H3. The molecule has 0 saturated heterocycles. The molecule has 0 aromatic rings. The molecule has 0 rings (SSSR count). The number of amides is 3. The Labute approximate surface area is 306 Å². The minimum Gasteiger partial charge on any atom is -0.462 e. The summed E-state index contributed by atoms with van der Waals surface area (Å²) in [6.45, 7) is 13.3. The van der Waals surface area contributed by atoms with Gasteiger partial charge in [-0.1, -0.05) is 156 Å². The fourth-order valence-corrected chi connectivity index (χ4v) is 6.60. The normalized spacial score (nSPS) is 13.7. The van der Waals surface area contributed by atoms with Gasteiger partial charge in [-0.2, -0.15) is 0 Å². The molecule has 0 bridgehead atoms. The first-order chi connectivity index (χ1) is 24.0. The third-order valence-electron chi connectivity index (χ3n) is 9.86. The van der Waals surface area contributed by atoms with Gasteiger partial charge in [-0.15, -0.1) is 0 Å². The van der Waals surface area contributed by atoms with E-state index in [1.807, 2.05) is 0 Å². The van der Waals surface area contributed by atoms with Crippen molar-refractivity contribution >= 4 is 29.7 Å². The number of esters is 2. The topological polar surface area (TPSA) is 107 Å². The Kier molecular flexibility index (Phi) is 30.1. The Balaban J connectivity index is 5.90. The van der Waals surface area contributed by atoms with Crippen molar-refractivity contribution in [2.75, 3.05) is 0 Å². The molecule has 0 radical (unpaired) electrons. The van der Waals surface area contributed by atoms with Crippen LogP contribution in [0.2, 0.25) is 0 Å². The first-order valence-electron chi connectivity index (χ1n) is 20.8. The minimum atomic E-state index is -0.825. The highest BCUT2D eigenvalue weighted by molar-refractivity contribution is 6.11. The number of nitrogens with zero attached hydrogens (tertiary/aromatic N) is 1. The van der Waals surface area contributed by atoms with E-state index in [9.17, 15) is 24.0 Å². The number of rotatable bonds is 32. The lowest BCUT2D eigenvalue weighted by atomic mass is 9.91. The van der Waals surface area contributed by atoms with Crippen molar-refractivity contribution in [2.24, 2.45) is 11.8 Å². The number of hydrogen-bond acceptors (Lipinski definition) is 7. The van der Waals surface area contributed by atoms with Crippen molar-refractivity contribution in [1.29, 1.82) is 0 Å². The molecule has 0 fully saturated rings. The van der Waals surface area contributed by atoms with Crippen molar-refractivity contribution in [3.05, 3.63) is 0 Å². The third-order valence-corrected chi connectivity index (χ3v) is 9.86. The van der Waals surface area contributed by atoms with Crippen LogP contribution in [0.1, 0.15) is 215 Å². The smallest absolute Gasteiger partial charge is 0.306 e. The van der Waals surface area contributed by atoms with E-state index in [2.05, 4.69) is 27.7 Å². The van der Waals surface area contributed by atoms with Gasteiger partial charge in [-0.25, -0.2) is 4.90 Å². The third kappa shape index (κ3) is 22.5. The molecule has 292 valence electrons. The highest BCUT2D eigenvalue weighted by Crippen LogP contribution is 2.26. The molecule has 0 aliphatic rings. The van der Waals surface area contributed by atoms with E-state index in [4.69, 9.17) is 9.47 Å². The number of ether oxygens (including phenoxy) is 2. The second-order valence-electron chi connectivity index (χ2n) is 14.6. The Bertz CT molecular complexity index is 854. The van der Waals surface area contributed by atoms with Gasteiger partial charge in [0.25, 0.3) is 0 Å². The van der Waals surface area contributed by atoms with E-state index >= 15 is 0 Å². The van der Waals surface area contributed by atoms with Crippen molar-refractivity contribution in [3.8, 4) is 0 Å². The number of hydrogen-bond donors (Lipinski definition) is 0. The summed E-state index contributed by atoms with van der Waals surface area (Å²) in [4.78, 5) is 68.0. The van der Waals surface area contributed by atoms with E-state index in [1.54, 1.807) is 13.8 Å². The molecule has 4 unspecified atom stereocenters. The molecule has 4 atom stereocenters. The van der Waals surface area contributed by atoms with Gasteiger partial charge in [-0.05, 0) is 39.5 Å². The molecule has 0 aliphatic heterocycles. The quantitative estimate of drug-likeness (QED) is 0.0506. The van der Waals surface area contributed by atoms with Gasteiger partial charge in [0, 0.05) is 19.8 Å². The van der Waals surface area contributed by atoms with Crippen molar-refractivity contribution in [2.45, 2.75) is 228 Å². The molecule has 0 aromatic carbocycles. The summed E-state index contributed by atoms with van der Waals surface area (Å²) in [6, 6.07) is 0. The van der Waals surface area contributed by atoms with Crippen molar-refractivity contribution < 1.29 is 33.4 Å². The van der Waals surface area contributed by atoms with Gasteiger partial charge < -0.3 is 9.47 Å². The SMILES string of the molecule is CCCCCCCCC(=O)OC(C)C(CCCCCCC)C(=O)N(C(C)=O)C(=O)C(CCCCCCC)C(C)OC(=O)CCCCCCCC. The van der Waals surface area contributed by atoms with Crippen LogP contribution in [0.25, 0.3) is 0 Å². The van der Waals surface area contributed by atoms with Crippen LogP contribution in [-0.2, 0) is 33.4 Å². The largest absolute Gasteiger partial charge is 0.462 e. The molecule has 0 spiro atoms. The lowest BCUT2D eigenvalue weighted by Crippen LogP contribution is -2.51. The molecule has 0 N–H and O–H groups in total. The Morgan fingerprint density at radius 2 is 0.720 bits per heavy atom. The molecule has 3 amide bonds. The summed E-state index contributed by atoms with van der Waals surface area (Å²) in [5.41, 5.74) is 0. The van der Waals surface area contributed by atoms with Crippen LogP contribution < -0.4 is 0 Å². The number of carbonyl (C=O) groups excluding carboxylic acids is 5. The Morgan fingerprint density at radius 1 is 0.440 bits per heavy atom. The van der Waals surface area contributed by atoms with Crippen LogP contribution >= 0.6 is 0 Å². The fourth-order valence-electron chi connectivity index (χ4n) is 6.60. The highest BCUT2D eigenvalue weighted by Gasteiger charge is 2.41. The van der Waals surface area contributed by atoms with Crippen LogP contribution in [0.5, 0.6) is 0 Å². The molecule has 0 saturated carbocycles. The van der Waals surface area contributed by atoms with Crippen LogP contribution in [0.3, 0.4) is 0 Å².